The lowest BCUT2D eigenvalue weighted by Gasteiger charge is -2.21. The second-order valence-corrected chi connectivity index (χ2v) is 7.85. The molecular weight excluding hydrogens is 354 g/mol. The molecule has 0 spiro atoms. The first-order chi connectivity index (χ1) is 14.2. The zero-order valence-electron chi connectivity index (χ0n) is 17.3. The van der Waals surface area contributed by atoms with Crippen LogP contribution in [0.2, 0.25) is 0 Å². The minimum atomic E-state index is 0.563. The van der Waals surface area contributed by atoms with Gasteiger partial charge in [-0.2, -0.15) is 0 Å². The fraction of sp³-hybridized carbons (Fsp3) is 0.269. The van der Waals surface area contributed by atoms with E-state index in [-0.39, 0.29) is 0 Å². The minimum Gasteiger partial charge on any atom is -0.383 e. The number of rotatable bonds is 4. The van der Waals surface area contributed by atoms with Gasteiger partial charge in [0, 0.05) is 17.8 Å². The first-order valence-corrected chi connectivity index (χ1v) is 10.5. The third kappa shape index (κ3) is 4.19. The summed E-state index contributed by atoms with van der Waals surface area (Å²) < 4.78 is 0. The number of nitrogens with two attached hydrogens (primary N) is 1. The van der Waals surface area contributed by atoms with Crippen molar-refractivity contribution in [3.63, 3.8) is 0 Å². The Labute approximate surface area is 173 Å². The van der Waals surface area contributed by atoms with Crippen molar-refractivity contribution in [2.24, 2.45) is 10.7 Å². The van der Waals surface area contributed by atoms with E-state index in [1.54, 1.807) is 0 Å². The lowest BCUT2D eigenvalue weighted by molar-refractivity contribution is 0.734. The molecular formula is C26H29N3. The quantitative estimate of drug-likeness (QED) is 0.432. The number of benzene rings is 3. The van der Waals surface area contributed by atoms with Gasteiger partial charge in [-0.1, -0.05) is 62.4 Å². The third-order valence-corrected chi connectivity index (χ3v) is 6.01. The molecule has 29 heavy (non-hydrogen) atoms. The normalized spacial score (nSPS) is 14.8. The maximum Gasteiger partial charge on any atom is 0.131 e. The van der Waals surface area contributed by atoms with Crippen LogP contribution >= 0.6 is 0 Å². The highest BCUT2D eigenvalue weighted by atomic mass is 14.9. The van der Waals surface area contributed by atoms with Gasteiger partial charge in [0.05, 0.1) is 5.69 Å². The van der Waals surface area contributed by atoms with Crippen molar-refractivity contribution in [1.82, 2.24) is 0 Å². The lowest BCUT2D eigenvalue weighted by atomic mass is 9.93. The topological polar surface area (TPSA) is 50.4 Å². The van der Waals surface area contributed by atoms with E-state index in [1.165, 1.54) is 22.3 Å². The van der Waals surface area contributed by atoms with Gasteiger partial charge in [0.15, 0.2) is 0 Å². The SMILES string of the molecule is CCC(C)c1ccc(N=C(N)c2cccc3c2CCc2ccccc2CN3)cc1. The number of aliphatic imine (C=N–C) groups is 1. The summed E-state index contributed by atoms with van der Waals surface area (Å²) in [5.41, 5.74) is 14.9. The fourth-order valence-electron chi connectivity index (χ4n) is 4.00. The summed E-state index contributed by atoms with van der Waals surface area (Å²) in [5, 5.41) is 3.60. The van der Waals surface area contributed by atoms with Gasteiger partial charge in [-0.15, -0.1) is 0 Å². The van der Waals surface area contributed by atoms with Crippen LogP contribution in [0.4, 0.5) is 11.4 Å². The maximum absolute atomic E-state index is 6.48. The minimum absolute atomic E-state index is 0.563. The molecule has 0 radical (unpaired) electrons. The summed E-state index contributed by atoms with van der Waals surface area (Å²) in [5.74, 6) is 1.14. The number of hydrogen-bond acceptors (Lipinski definition) is 2. The van der Waals surface area contributed by atoms with Crippen LogP contribution in [0.3, 0.4) is 0 Å². The Morgan fingerprint density at radius 2 is 1.72 bits per heavy atom. The van der Waals surface area contributed by atoms with Gasteiger partial charge in [0.2, 0.25) is 0 Å². The molecule has 3 aromatic carbocycles. The summed E-state index contributed by atoms with van der Waals surface area (Å²) in [6, 6.07) is 23.4. The van der Waals surface area contributed by atoms with Gasteiger partial charge < -0.3 is 11.1 Å². The maximum atomic E-state index is 6.48. The van der Waals surface area contributed by atoms with Gasteiger partial charge in [-0.05, 0) is 65.6 Å². The summed E-state index contributed by atoms with van der Waals surface area (Å²) in [4.78, 5) is 4.73. The van der Waals surface area contributed by atoms with Crippen molar-refractivity contribution in [2.75, 3.05) is 5.32 Å². The second kappa shape index (κ2) is 8.52. The summed E-state index contributed by atoms with van der Waals surface area (Å²) in [6.07, 6.45) is 3.09. The van der Waals surface area contributed by atoms with Gasteiger partial charge in [0.1, 0.15) is 5.84 Å². The average Bonchev–Trinajstić information content (AvgIpc) is 2.75. The van der Waals surface area contributed by atoms with Crippen LogP contribution in [0.15, 0.2) is 71.7 Å². The van der Waals surface area contributed by atoms with Crippen LogP contribution in [0.25, 0.3) is 0 Å². The molecule has 3 aromatic rings. The standard InChI is InChI=1S/C26H29N3/c1-3-18(2)19-11-14-22(15-12-19)29-26(27)24-9-6-10-25-23(24)16-13-20-7-4-5-8-21(20)17-28-25/h4-12,14-15,18,28H,3,13,16-17H2,1-2H3,(H2,27,29). The number of nitrogens with zero attached hydrogens (tertiary/aromatic N) is 1. The molecule has 148 valence electrons. The van der Waals surface area contributed by atoms with Crippen LogP contribution in [0.1, 0.15) is 54.0 Å². The van der Waals surface area contributed by atoms with Gasteiger partial charge in [-0.25, -0.2) is 4.99 Å². The average molecular weight is 384 g/mol. The molecule has 0 saturated carbocycles. The van der Waals surface area contributed by atoms with Crippen LogP contribution in [0.5, 0.6) is 0 Å². The van der Waals surface area contributed by atoms with E-state index >= 15 is 0 Å². The zero-order chi connectivity index (χ0) is 20.2. The summed E-state index contributed by atoms with van der Waals surface area (Å²) in [7, 11) is 0. The molecule has 0 aliphatic carbocycles. The van der Waals surface area contributed by atoms with Crippen molar-refractivity contribution < 1.29 is 0 Å². The van der Waals surface area contributed by atoms with Crippen LogP contribution in [0, 0.1) is 0 Å². The van der Waals surface area contributed by atoms with E-state index < -0.39 is 0 Å². The number of hydrogen-bond donors (Lipinski definition) is 2. The Kier molecular flexibility index (Phi) is 5.66. The molecule has 0 saturated heterocycles. The first kappa shape index (κ1) is 19.3. The summed E-state index contributed by atoms with van der Waals surface area (Å²) in [6.45, 7) is 5.30. The van der Waals surface area contributed by atoms with Gasteiger partial charge in [0.25, 0.3) is 0 Å². The van der Waals surface area contributed by atoms with E-state index in [0.29, 0.717) is 11.8 Å². The number of anilines is 1. The predicted octanol–water partition coefficient (Wildman–Crippen LogP) is 5.95. The van der Waals surface area contributed by atoms with E-state index in [9.17, 15) is 0 Å². The first-order valence-electron chi connectivity index (χ1n) is 10.5. The molecule has 1 atom stereocenters. The molecule has 3 heteroatoms. The largest absolute Gasteiger partial charge is 0.383 e. The molecule has 0 fully saturated rings. The van der Waals surface area contributed by atoms with Crippen LogP contribution in [-0.2, 0) is 19.4 Å². The molecule has 0 bridgehead atoms. The Morgan fingerprint density at radius 3 is 2.48 bits per heavy atom. The third-order valence-electron chi connectivity index (χ3n) is 6.01. The Balaban J connectivity index is 1.63. The molecule has 3 nitrogen and oxygen atoms in total. The molecule has 1 heterocycles. The highest BCUT2D eigenvalue weighted by Crippen LogP contribution is 2.28. The molecule has 0 aromatic heterocycles. The van der Waals surface area contributed by atoms with Crippen LogP contribution < -0.4 is 11.1 Å². The van der Waals surface area contributed by atoms with Gasteiger partial charge in [-0.3, -0.25) is 0 Å². The van der Waals surface area contributed by atoms with Crippen molar-refractivity contribution >= 4 is 17.2 Å². The molecule has 3 N–H and O–H groups in total. The number of nitrogens with one attached hydrogen (secondary N) is 1. The van der Waals surface area contributed by atoms with Crippen molar-refractivity contribution in [3.8, 4) is 0 Å². The highest BCUT2D eigenvalue weighted by Gasteiger charge is 2.15. The van der Waals surface area contributed by atoms with Crippen molar-refractivity contribution in [2.45, 2.75) is 45.6 Å². The van der Waals surface area contributed by atoms with E-state index in [4.69, 9.17) is 10.7 Å². The molecule has 1 unspecified atom stereocenters. The van der Waals surface area contributed by atoms with Crippen molar-refractivity contribution in [1.29, 1.82) is 0 Å². The zero-order valence-corrected chi connectivity index (χ0v) is 17.3. The molecule has 1 aliphatic heterocycles. The fourth-order valence-corrected chi connectivity index (χ4v) is 4.00. The van der Waals surface area contributed by atoms with E-state index in [0.717, 1.165) is 42.7 Å². The van der Waals surface area contributed by atoms with Crippen molar-refractivity contribution in [3.05, 3.63) is 94.5 Å². The molecule has 0 amide bonds. The Morgan fingerprint density at radius 1 is 0.966 bits per heavy atom. The molecule has 4 rings (SSSR count). The lowest BCUT2D eigenvalue weighted by Crippen LogP contribution is -2.18. The van der Waals surface area contributed by atoms with Gasteiger partial charge >= 0.3 is 0 Å². The van der Waals surface area contributed by atoms with Crippen LogP contribution in [-0.4, -0.2) is 5.84 Å². The highest BCUT2D eigenvalue weighted by molar-refractivity contribution is 6.01. The smallest absolute Gasteiger partial charge is 0.131 e. The predicted molar refractivity (Wildman–Crippen MR) is 123 cm³/mol. The molecule has 1 aliphatic rings. The Hall–Kier alpha value is -3.07. The number of fused-ring (bicyclic) bond motifs is 2. The second-order valence-electron chi connectivity index (χ2n) is 7.85. The summed E-state index contributed by atoms with van der Waals surface area (Å²) >= 11 is 0. The van der Waals surface area contributed by atoms with E-state index in [1.807, 2.05) is 0 Å². The van der Waals surface area contributed by atoms with E-state index in [2.05, 4.69) is 85.9 Å². The Bertz CT molecular complexity index is 1020. The number of aryl methyl sites for hydroxylation is 1. The number of amidine groups is 1. The monoisotopic (exact) mass is 383 g/mol.